The van der Waals surface area contributed by atoms with Crippen LogP contribution in [-0.4, -0.2) is 105 Å². The topological polar surface area (TPSA) is 80.2 Å². The third kappa shape index (κ3) is 8.33. The monoisotopic (exact) mass is 552 g/mol. The molecule has 2 fully saturated rings. The maximum Gasteiger partial charge on any atom is 0.406 e. The lowest BCUT2D eigenvalue weighted by Gasteiger charge is -2.34. The molecular weight excluding hydrogens is 513 g/mol. The molecule has 0 spiro atoms. The largest absolute Gasteiger partial charge is 0.406 e. The number of methoxy groups -OCH3 is 2. The summed E-state index contributed by atoms with van der Waals surface area (Å²) in [6, 6.07) is 7.42. The van der Waals surface area contributed by atoms with Crippen molar-refractivity contribution in [3.63, 3.8) is 0 Å². The summed E-state index contributed by atoms with van der Waals surface area (Å²) in [5, 5.41) is 17.6. The van der Waals surface area contributed by atoms with E-state index in [4.69, 9.17) is 14.2 Å². The number of benzene rings is 1. The number of hydrogen-bond acceptors (Lipinski definition) is 7. The molecule has 2 saturated heterocycles. The van der Waals surface area contributed by atoms with Crippen LogP contribution < -0.4 is 10.6 Å². The average Bonchev–Trinajstić information content (AvgIpc) is 3.24. The molecule has 2 aliphatic rings. The molecule has 39 heavy (non-hydrogen) atoms. The van der Waals surface area contributed by atoms with Crippen molar-refractivity contribution in [1.82, 2.24) is 14.8 Å². The summed E-state index contributed by atoms with van der Waals surface area (Å²) in [5.41, 5.74) is 1.63. The van der Waals surface area contributed by atoms with Crippen molar-refractivity contribution in [3.05, 3.63) is 30.0 Å². The van der Waals surface area contributed by atoms with Crippen LogP contribution in [0.5, 0.6) is 0 Å². The van der Waals surface area contributed by atoms with Gasteiger partial charge in [-0.3, -0.25) is 0 Å². The molecule has 0 aliphatic carbocycles. The summed E-state index contributed by atoms with van der Waals surface area (Å²) >= 11 is 0. The Kier molecular flexibility index (Phi) is 10.5. The molecule has 2 aliphatic heterocycles. The minimum absolute atomic E-state index is 0.0758. The maximum absolute atomic E-state index is 13.5. The van der Waals surface area contributed by atoms with E-state index in [1.54, 1.807) is 32.4 Å². The number of nitrogens with zero attached hydrogens (tertiary/aromatic N) is 2. The fraction of sp³-hybridized carbons (Fsp3) is 0.643. The number of ether oxygens (including phenoxy) is 3. The van der Waals surface area contributed by atoms with Crippen molar-refractivity contribution in [3.8, 4) is 11.8 Å². The molecule has 0 radical (unpaired) electrons. The van der Waals surface area contributed by atoms with Crippen LogP contribution >= 0.6 is 0 Å². The fourth-order valence-corrected chi connectivity index (χ4v) is 5.38. The number of aromatic nitrogens is 1. The molecule has 3 N–H and O–H groups in total. The minimum atomic E-state index is -4.38. The number of alkyl halides is 3. The van der Waals surface area contributed by atoms with Gasteiger partial charge in [0.25, 0.3) is 0 Å². The van der Waals surface area contributed by atoms with E-state index in [1.165, 1.54) is 4.57 Å². The molecule has 1 aromatic heterocycles. The number of nitrogens with one attached hydrogen (secondary N) is 2. The summed E-state index contributed by atoms with van der Waals surface area (Å²) in [6.07, 6.45) is -2.45. The smallest absolute Gasteiger partial charge is 0.389 e. The van der Waals surface area contributed by atoms with Crippen molar-refractivity contribution >= 4 is 16.6 Å². The van der Waals surface area contributed by atoms with E-state index < -0.39 is 18.8 Å². The van der Waals surface area contributed by atoms with Gasteiger partial charge in [-0.05, 0) is 43.4 Å². The third-order valence-electron chi connectivity index (χ3n) is 7.33. The molecule has 4 rings (SSSR count). The van der Waals surface area contributed by atoms with Gasteiger partial charge in [0.15, 0.2) is 0 Å². The number of halogens is 3. The zero-order valence-electron chi connectivity index (χ0n) is 22.6. The van der Waals surface area contributed by atoms with Gasteiger partial charge in [-0.1, -0.05) is 12.0 Å². The number of likely N-dealkylation sites (tertiary alicyclic amines) is 1. The average molecular weight is 553 g/mol. The van der Waals surface area contributed by atoms with Crippen LogP contribution in [0.1, 0.15) is 25.0 Å². The Morgan fingerprint density at radius 2 is 2.00 bits per heavy atom. The standard InChI is InChI=1S/C28H39F3N4O4/c1-37-17-22(36)16-34-12-8-20(9-13-34)33-24-6-3-7-26-23(24)15-21(35(26)19-28(29,30)31)5-4-11-32-25-10-14-39-18-27(25)38-2/h3,6-7,15,20,22,25,27,32-33,36H,8-14,16-19H2,1-2H3/t22?,25-,27-/m1/s1. The SMILES string of the molecule is COCC(O)CN1CCC(Nc2cccc3c2cc(C#CCN[C@@H]2CCOC[C@H]2OC)n3CC(F)(F)F)CC1. The first-order chi connectivity index (χ1) is 18.8. The van der Waals surface area contributed by atoms with Gasteiger partial charge < -0.3 is 39.4 Å². The Bertz CT molecular complexity index is 1120. The number of aliphatic hydroxyl groups excluding tert-OH is 1. The van der Waals surface area contributed by atoms with Crippen molar-refractivity contribution in [2.24, 2.45) is 0 Å². The summed E-state index contributed by atoms with van der Waals surface area (Å²) < 4.78 is 57.8. The van der Waals surface area contributed by atoms with E-state index in [2.05, 4.69) is 27.4 Å². The number of anilines is 1. The molecule has 0 amide bonds. The second kappa shape index (κ2) is 13.8. The highest BCUT2D eigenvalue weighted by molar-refractivity contribution is 5.94. The zero-order valence-corrected chi connectivity index (χ0v) is 22.6. The summed E-state index contributed by atoms with van der Waals surface area (Å²) in [7, 11) is 3.21. The molecule has 1 aromatic carbocycles. The normalized spacial score (nSPS) is 22.0. The van der Waals surface area contributed by atoms with Crippen LogP contribution in [-0.2, 0) is 20.8 Å². The van der Waals surface area contributed by atoms with E-state index in [9.17, 15) is 18.3 Å². The van der Waals surface area contributed by atoms with Crippen LogP contribution in [0.2, 0.25) is 0 Å². The minimum Gasteiger partial charge on any atom is -0.389 e. The first-order valence-corrected chi connectivity index (χ1v) is 13.4. The summed E-state index contributed by atoms with van der Waals surface area (Å²) in [4.78, 5) is 2.21. The first kappa shape index (κ1) is 29.6. The van der Waals surface area contributed by atoms with Crippen LogP contribution in [0.4, 0.5) is 18.9 Å². The van der Waals surface area contributed by atoms with Crippen molar-refractivity contribution < 1.29 is 32.5 Å². The molecule has 0 saturated carbocycles. The third-order valence-corrected chi connectivity index (χ3v) is 7.33. The van der Waals surface area contributed by atoms with Gasteiger partial charge in [-0.15, -0.1) is 0 Å². The number of fused-ring (bicyclic) bond motifs is 1. The zero-order chi connectivity index (χ0) is 27.8. The van der Waals surface area contributed by atoms with Crippen LogP contribution in [0.15, 0.2) is 24.3 Å². The van der Waals surface area contributed by atoms with Gasteiger partial charge in [-0.2, -0.15) is 13.2 Å². The molecular formula is C28H39F3N4O4. The van der Waals surface area contributed by atoms with E-state index in [1.807, 2.05) is 6.07 Å². The first-order valence-electron chi connectivity index (χ1n) is 13.4. The van der Waals surface area contributed by atoms with E-state index in [0.29, 0.717) is 44.1 Å². The molecule has 3 atom stereocenters. The lowest BCUT2D eigenvalue weighted by atomic mass is 10.0. The van der Waals surface area contributed by atoms with Gasteiger partial charge in [0.2, 0.25) is 0 Å². The van der Waals surface area contributed by atoms with Gasteiger partial charge in [0, 0.05) is 63.6 Å². The Labute approximate surface area is 227 Å². The Morgan fingerprint density at radius 1 is 1.21 bits per heavy atom. The predicted molar refractivity (Wildman–Crippen MR) is 144 cm³/mol. The van der Waals surface area contributed by atoms with E-state index in [-0.39, 0.29) is 18.2 Å². The quantitative estimate of drug-likeness (QED) is 0.391. The maximum atomic E-state index is 13.5. The number of hydrogen-bond donors (Lipinski definition) is 3. The van der Waals surface area contributed by atoms with Crippen LogP contribution in [0, 0.1) is 11.8 Å². The van der Waals surface area contributed by atoms with Gasteiger partial charge in [0.1, 0.15) is 6.54 Å². The lowest BCUT2D eigenvalue weighted by Crippen LogP contribution is -2.47. The lowest BCUT2D eigenvalue weighted by molar-refractivity contribution is -0.140. The predicted octanol–water partition coefficient (Wildman–Crippen LogP) is 2.83. The number of β-amino-alcohol motifs (C(OH)–C–C–N with tert-alkyl or cyclic N) is 1. The molecule has 216 valence electrons. The summed E-state index contributed by atoms with van der Waals surface area (Å²) in [5.74, 6) is 5.98. The molecule has 2 aromatic rings. The summed E-state index contributed by atoms with van der Waals surface area (Å²) in [6.45, 7) is 2.88. The van der Waals surface area contributed by atoms with E-state index in [0.717, 1.165) is 43.4 Å². The Hall–Kier alpha value is -2.33. The Balaban J connectivity index is 1.47. The highest BCUT2D eigenvalue weighted by atomic mass is 19.4. The second-order valence-electron chi connectivity index (χ2n) is 10.2. The highest BCUT2D eigenvalue weighted by Gasteiger charge is 2.30. The van der Waals surface area contributed by atoms with Crippen molar-refractivity contribution in [2.45, 2.75) is 56.3 Å². The van der Waals surface area contributed by atoms with Crippen LogP contribution in [0.25, 0.3) is 10.9 Å². The van der Waals surface area contributed by atoms with Gasteiger partial charge in [-0.25, -0.2) is 0 Å². The second-order valence-corrected chi connectivity index (χ2v) is 10.2. The van der Waals surface area contributed by atoms with Crippen LogP contribution in [0.3, 0.4) is 0 Å². The van der Waals surface area contributed by atoms with Gasteiger partial charge in [0.05, 0.1) is 43.2 Å². The molecule has 1 unspecified atom stereocenters. The number of rotatable bonds is 10. The highest BCUT2D eigenvalue weighted by Crippen LogP contribution is 2.31. The molecule has 11 heteroatoms. The van der Waals surface area contributed by atoms with Crippen molar-refractivity contribution in [2.75, 3.05) is 65.5 Å². The van der Waals surface area contributed by atoms with Gasteiger partial charge >= 0.3 is 6.18 Å². The molecule has 8 nitrogen and oxygen atoms in total. The molecule has 0 bridgehead atoms. The van der Waals surface area contributed by atoms with E-state index >= 15 is 0 Å². The Morgan fingerprint density at radius 3 is 2.72 bits per heavy atom. The fourth-order valence-electron chi connectivity index (χ4n) is 5.38. The number of piperidine rings is 1. The molecule has 3 heterocycles. The van der Waals surface area contributed by atoms with Crippen molar-refractivity contribution in [1.29, 1.82) is 0 Å². The number of aliphatic hydroxyl groups is 1.